The number of rotatable bonds is 9. The molecule has 0 fully saturated rings. The summed E-state index contributed by atoms with van der Waals surface area (Å²) in [5, 5.41) is 11.8. The van der Waals surface area contributed by atoms with Crippen molar-refractivity contribution in [1.82, 2.24) is 19.2 Å². The van der Waals surface area contributed by atoms with Crippen molar-refractivity contribution in [3.8, 4) is 11.4 Å². The van der Waals surface area contributed by atoms with Crippen molar-refractivity contribution in [3.63, 3.8) is 0 Å². The molecule has 3 rings (SSSR count). The Morgan fingerprint density at radius 3 is 2.50 bits per heavy atom. The summed E-state index contributed by atoms with van der Waals surface area (Å²) in [4.78, 5) is 12.5. The van der Waals surface area contributed by atoms with Crippen LogP contribution in [0.2, 0.25) is 5.02 Å². The van der Waals surface area contributed by atoms with Crippen molar-refractivity contribution >= 4 is 45.0 Å². The fourth-order valence-corrected chi connectivity index (χ4v) is 5.23. The Morgan fingerprint density at radius 1 is 1.16 bits per heavy atom. The standard InChI is InChI=1S/C20H23ClN6O3S2/c1-3-26(4-2)32(29,30)17-7-5-6-16(12-17)23-18(28)13-31-20-25-24-19(27(20)22)14-8-10-15(21)11-9-14/h5-12H,3-4,13,22H2,1-2H3,(H,23,28). The number of thioether (sulfide) groups is 1. The lowest BCUT2D eigenvalue weighted by molar-refractivity contribution is -0.113. The molecule has 0 saturated heterocycles. The van der Waals surface area contributed by atoms with E-state index < -0.39 is 10.0 Å². The highest BCUT2D eigenvalue weighted by atomic mass is 35.5. The van der Waals surface area contributed by atoms with Gasteiger partial charge < -0.3 is 11.2 Å². The van der Waals surface area contributed by atoms with Crippen molar-refractivity contribution in [3.05, 3.63) is 53.6 Å². The van der Waals surface area contributed by atoms with Gasteiger partial charge in [-0.3, -0.25) is 4.79 Å². The molecule has 0 atom stereocenters. The van der Waals surface area contributed by atoms with Gasteiger partial charge in [-0.15, -0.1) is 10.2 Å². The molecule has 3 N–H and O–H groups in total. The Kier molecular flexibility index (Phi) is 7.77. The lowest BCUT2D eigenvalue weighted by atomic mass is 10.2. The number of hydrogen-bond donors (Lipinski definition) is 2. The molecule has 0 radical (unpaired) electrons. The first-order chi connectivity index (χ1) is 15.3. The molecule has 3 aromatic rings. The molecule has 0 aliphatic carbocycles. The summed E-state index contributed by atoms with van der Waals surface area (Å²) in [6.07, 6.45) is 0. The zero-order chi connectivity index (χ0) is 23.3. The number of carbonyl (C=O) groups is 1. The lowest BCUT2D eigenvalue weighted by Gasteiger charge is -2.18. The van der Waals surface area contributed by atoms with Gasteiger partial charge in [0.25, 0.3) is 0 Å². The largest absolute Gasteiger partial charge is 0.335 e. The van der Waals surface area contributed by atoms with Crippen LogP contribution in [0.25, 0.3) is 11.4 Å². The molecule has 12 heteroatoms. The lowest BCUT2D eigenvalue weighted by Crippen LogP contribution is -2.30. The number of benzene rings is 2. The molecule has 0 aliphatic rings. The van der Waals surface area contributed by atoms with E-state index in [-0.39, 0.29) is 16.6 Å². The summed E-state index contributed by atoms with van der Waals surface area (Å²) >= 11 is 7.02. The molecule has 0 unspecified atom stereocenters. The first-order valence-corrected chi connectivity index (χ1v) is 12.6. The van der Waals surface area contributed by atoms with Crippen LogP contribution in [0, 0.1) is 0 Å². The van der Waals surface area contributed by atoms with Crippen LogP contribution in [-0.2, 0) is 14.8 Å². The van der Waals surface area contributed by atoms with E-state index in [0.29, 0.717) is 34.8 Å². The monoisotopic (exact) mass is 494 g/mol. The number of hydrogen-bond acceptors (Lipinski definition) is 7. The van der Waals surface area contributed by atoms with E-state index in [1.807, 2.05) is 0 Å². The number of nitrogens with one attached hydrogen (secondary N) is 1. The molecular formula is C20H23ClN6O3S2. The number of nitrogens with zero attached hydrogens (tertiary/aromatic N) is 4. The molecule has 1 aromatic heterocycles. The molecule has 0 spiro atoms. The Bertz CT molecular complexity index is 1190. The van der Waals surface area contributed by atoms with E-state index in [1.165, 1.54) is 21.1 Å². The first kappa shape index (κ1) is 24.1. The normalized spacial score (nSPS) is 11.6. The summed E-state index contributed by atoms with van der Waals surface area (Å²) in [7, 11) is -3.62. The topological polar surface area (TPSA) is 123 Å². The van der Waals surface area contributed by atoms with E-state index in [1.54, 1.807) is 50.2 Å². The van der Waals surface area contributed by atoms with Crippen LogP contribution in [0.5, 0.6) is 0 Å². The fraction of sp³-hybridized carbons (Fsp3) is 0.250. The zero-order valence-corrected chi connectivity index (χ0v) is 19.9. The quantitative estimate of drug-likeness (QED) is 0.346. The van der Waals surface area contributed by atoms with Gasteiger partial charge in [-0.1, -0.05) is 43.3 Å². The number of anilines is 1. The third kappa shape index (κ3) is 5.41. The maximum Gasteiger partial charge on any atom is 0.243 e. The summed E-state index contributed by atoms with van der Waals surface area (Å²) < 4.78 is 28.0. The minimum atomic E-state index is -3.62. The Morgan fingerprint density at radius 2 is 1.84 bits per heavy atom. The van der Waals surface area contributed by atoms with Crippen molar-refractivity contribution in [2.75, 3.05) is 30.0 Å². The van der Waals surface area contributed by atoms with Crippen LogP contribution in [0.3, 0.4) is 0 Å². The highest BCUT2D eigenvalue weighted by Crippen LogP contribution is 2.24. The molecule has 0 bridgehead atoms. The molecule has 0 aliphatic heterocycles. The number of carbonyl (C=O) groups excluding carboxylic acids is 1. The third-order valence-corrected chi connectivity index (χ3v) is 7.80. The Labute approximate surface area is 196 Å². The first-order valence-electron chi connectivity index (χ1n) is 9.75. The summed E-state index contributed by atoms with van der Waals surface area (Å²) in [6, 6.07) is 13.2. The van der Waals surface area contributed by atoms with Gasteiger partial charge in [0.15, 0.2) is 5.82 Å². The van der Waals surface area contributed by atoms with E-state index in [9.17, 15) is 13.2 Å². The van der Waals surface area contributed by atoms with Crippen molar-refractivity contribution < 1.29 is 13.2 Å². The number of aromatic nitrogens is 3. The molecule has 9 nitrogen and oxygen atoms in total. The number of halogens is 1. The van der Waals surface area contributed by atoms with Crippen molar-refractivity contribution in [1.29, 1.82) is 0 Å². The summed E-state index contributed by atoms with van der Waals surface area (Å²) in [5.74, 6) is 6.20. The SMILES string of the molecule is CCN(CC)S(=O)(=O)c1cccc(NC(=O)CSc2nnc(-c3ccc(Cl)cc3)n2N)c1. The van der Waals surface area contributed by atoms with Gasteiger partial charge in [0.05, 0.1) is 10.6 Å². The van der Waals surface area contributed by atoms with E-state index in [0.717, 1.165) is 17.3 Å². The second-order valence-corrected chi connectivity index (χ2v) is 9.95. The Hall–Kier alpha value is -2.60. The van der Waals surface area contributed by atoms with Crippen LogP contribution < -0.4 is 11.2 Å². The molecule has 1 amide bonds. The van der Waals surface area contributed by atoms with Crippen LogP contribution in [-0.4, -0.2) is 52.3 Å². The maximum absolute atomic E-state index is 12.7. The van der Waals surface area contributed by atoms with Gasteiger partial charge in [0.1, 0.15) is 0 Å². The summed E-state index contributed by atoms with van der Waals surface area (Å²) in [6.45, 7) is 4.28. The van der Waals surface area contributed by atoms with Crippen molar-refractivity contribution in [2.45, 2.75) is 23.9 Å². The van der Waals surface area contributed by atoms with Gasteiger partial charge in [-0.05, 0) is 42.5 Å². The Balaban J connectivity index is 1.66. The maximum atomic E-state index is 12.7. The van der Waals surface area contributed by atoms with E-state index in [4.69, 9.17) is 17.4 Å². The van der Waals surface area contributed by atoms with E-state index in [2.05, 4.69) is 15.5 Å². The molecule has 32 heavy (non-hydrogen) atoms. The number of sulfonamides is 1. The van der Waals surface area contributed by atoms with Crippen LogP contribution >= 0.6 is 23.4 Å². The predicted molar refractivity (Wildman–Crippen MR) is 127 cm³/mol. The van der Waals surface area contributed by atoms with Gasteiger partial charge >= 0.3 is 0 Å². The fourth-order valence-electron chi connectivity index (χ4n) is 2.95. The third-order valence-electron chi connectivity index (χ3n) is 4.56. The number of amides is 1. The average Bonchev–Trinajstić information content (AvgIpc) is 3.14. The van der Waals surface area contributed by atoms with E-state index >= 15 is 0 Å². The molecule has 170 valence electrons. The minimum absolute atomic E-state index is 0.0168. The minimum Gasteiger partial charge on any atom is -0.335 e. The van der Waals surface area contributed by atoms with Gasteiger partial charge in [-0.2, -0.15) is 4.31 Å². The second kappa shape index (κ2) is 10.3. The predicted octanol–water partition coefficient (Wildman–Crippen LogP) is 3.07. The number of nitrogen functional groups attached to an aromatic ring is 1. The van der Waals surface area contributed by atoms with Crippen LogP contribution in [0.15, 0.2) is 58.6 Å². The molecular weight excluding hydrogens is 472 g/mol. The average molecular weight is 495 g/mol. The van der Waals surface area contributed by atoms with Gasteiger partial charge in [0.2, 0.25) is 21.1 Å². The second-order valence-electron chi connectivity index (χ2n) is 6.64. The van der Waals surface area contributed by atoms with Crippen LogP contribution in [0.4, 0.5) is 5.69 Å². The van der Waals surface area contributed by atoms with Gasteiger partial charge in [0, 0.05) is 29.4 Å². The highest BCUT2D eigenvalue weighted by Gasteiger charge is 2.22. The van der Waals surface area contributed by atoms with Gasteiger partial charge in [-0.25, -0.2) is 13.1 Å². The molecule has 2 aromatic carbocycles. The highest BCUT2D eigenvalue weighted by molar-refractivity contribution is 7.99. The molecule has 0 saturated carbocycles. The number of nitrogens with two attached hydrogens (primary N) is 1. The molecule has 1 heterocycles. The summed E-state index contributed by atoms with van der Waals surface area (Å²) in [5.41, 5.74) is 1.13. The zero-order valence-electron chi connectivity index (χ0n) is 17.5. The van der Waals surface area contributed by atoms with Crippen LogP contribution in [0.1, 0.15) is 13.8 Å². The smallest absolute Gasteiger partial charge is 0.243 e. The van der Waals surface area contributed by atoms with Crippen molar-refractivity contribution in [2.24, 2.45) is 0 Å².